The van der Waals surface area contributed by atoms with E-state index in [1.165, 1.54) is 16.3 Å². The van der Waals surface area contributed by atoms with Crippen molar-refractivity contribution in [2.75, 3.05) is 13.2 Å². The van der Waals surface area contributed by atoms with Crippen LogP contribution in [0.25, 0.3) is 0 Å². The maximum Gasteiger partial charge on any atom is 0.344 e. The molecule has 1 amide bonds. The third kappa shape index (κ3) is 4.29. The van der Waals surface area contributed by atoms with Crippen LogP contribution in [-0.4, -0.2) is 35.8 Å². The molecule has 1 aromatic carbocycles. The molecule has 0 saturated carbocycles. The van der Waals surface area contributed by atoms with Gasteiger partial charge in [0.05, 0.1) is 28.1 Å². The molecule has 6 nitrogen and oxygen atoms in total. The monoisotopic (exact) mass is 440 g/mol. The van der Waals surface area contributed by atoms with Gasteiger partial charge in [-0.3, -0.25) is 4.79 Å². The standard InChI is InChI=1S/C22H20N2O4S2/c1-2-27-21(25)14-28-18-8-4-3-7-15(18)17-13-16(19-9-5-11-29-19)23-24(17)22(26)20-10-6-12-30-20/h3-12,17H,2,13-14H2,1H3/t17-/m0/s1. The van der Waals surface area contributed by atoms with Crippen molar-refractivity contribution in [1.29, 1.82) is 0 Å². The predicted octanol–water partition coefficient (Wildman–Crippen LogP) is 4.74. The van der Waals surface area contributed by atoms with E-state index in [-0.39, 0.29) is 18.6 Å². The van der Waals surface area contributed by atoms with Gasteiger partial charge in [-0.15, -0.1) is 22.7 Å². The molecule has 8 heteroatoms. The van der Waals surface area contributed by atoms with Crippen LogP contribution in [0.5, 0.6) is 5.75 Å². The smallest absolute Gasteiger partial charge is 0.344 e. The average Bonchev–Trinajstić information content (AvgIpc) is 3.53. The van der Waals surface area contributed by atoms with Gasteiger partial charge >= 0.3 is 5.97 Å². The molecule has 154 valence electrons. The molecule has 1 atom stereocenters. The Kier molecular flexibility index (Phi) is 6.25. The highest BCUT2D eigenvalue weighted by Gasteiger charge is 2.36. The van der Waals surface area contributed by atoms with E-state index in [4.69, 9.17) is 9.47 Å². The molecule has 3 aromatic rings. The number of carbonyl (C=O) groups is 2. The van der Waals surface area contributed by atoms with Gasteiger partial charge in [-0.05, 0) is 35.9 Å². The quantitative estimate of drug-likeness (QED) is 0.498. The molecule has 0 spiro atoms. The normalized spacial score (nSPS) is 15.7. The first-order valence-electron chi connectivity index (χ1n) is 9.53. The van der Waals surface area contributed by atoms with Crippen LogP contribution >= 0.6 is 22.7 Å². The molecule has 0 radical (unpaired) electrons. The molecular formula is C22H20N2O4S2. The van der Waals surface area contributed by atoms with E-state index in [9.17, 15) is 9.59 Å². The summed E-state index contributed by atoms with van der Waals surface area (Å²) in [6.07, 6.45) is 0.567. The van der Waals surface area contributed by atoms with Gasteiger partial charge in [0.25, 0.3) is 5.91 Å². The number of hydrogen-bond donors (Lipinski definition) is 0. The van der Waals surface area contributed by atoms with Crippen molar-refractivity contribution in [3.05, 3.63) is 74.6 Å². The third-order valence-corrected chi connectivity index (χ3v) is 6.36. The fourth-order valence-corrected chi connectivity index (χ4v) is 4.65. The van der Waals surface area contributed by atoms with Crippen LogP contribution in [0.2, 0.25) is 0 Å². The van der Waals surface area contributed by atoms with Crippen LogP contribution in [-0.2, 0) is 9.53 Å². The van der Waals surface area contributed by atoms with Crippen LogP contribution in [0, 0.1) is 0 Å². The minimum absolute atomic E-state index is 0.151. The lowest BCUT2D eigenvalue weighted by Gasteiger charge is -2.23. The summed E-state index contributed by atoms with van der Waals surface area (Å²) >= 11 is 2.98. The maximum absolute atomic E-state index is 13.2. The van der Waals surface area contributed by atoms with Crippen molar-refractivity contribution < 1.29 is 19.1 Å². The van der Waals surface area contributed by atoms with E-state index in [2.05, 4.69) is 5.10 Å². The Labute approximate surface area is 182 Å². The van der Waals surface area contributed by atoms with Crippen molar-refractivity contribution in [2.24, 2.45) is 5.10 Å². The lowest BCUT2D eigenvalue weighted by Crippen LogP contribution is -2.27. The molecule has 0 saturated heterocycles. The Morgan fingerprint density at radius 3 is 2.63 bits per heavy atom. The molecule has 0 fully saturated rings. The molecule has 1 aliphatic heterocycles. The minimum atomic E-state index is -0.430. The largest absolute Gasteiger partial charge is 0.482 e. The molecule has 30 heavy (non-hydrogen) atoms. The zero-order chi connectivity index (χ0) is 20.9. The number of benzene rings is 1. The molecule has 4 rings (SSSR count). The van der Waals surface area contributed by atoms with E-state index in [1.807, 2.05) is 47.2 Å². The topological polar surface area (TPSA) is 68.2 Å². The lowest BCUT2D eigenvalue weighted by molar-refractivity contribution is -0.145. The van der Waals surface area contributed by atoms with Crippen molar-refractivity contribution in [3.63, 3.8) is 0 Å². The van der Waals surface area contributed by atoms with Gasteiger partial charge in [0.15, 0.2) is 6.61 Å². The molecule has 0 N–H and O–H groups in total. The van der Waals surface area contributed by atoms with Gasteiger partial charge < -0.3 is 9.47 Å². The lowest BCUT2D eigenvalue weighted by atomic mass is 10.00. The summed E-state index contributed by atoms with van der Waals surface area (Å²) in [5.74, 6) is -0.0373. The molecule has 0 aliphatic carbocycles. The fourth-order valence-electron chi connectivity index (χ4n) is 3.27. The summed E-state index contributed by atoms with van der Waals surface area (Å²) in [5, 5.41) is 10.1. The van der Waals surface area contributed by atoms with Crippen LogP contribution < -0.4 is 4.74 Å². The highest BCUT2D eigenvalue weighted by atomic mass is 32.1. The van der Waals surface area contributed by atoms with Crippen molar-refractivity contribution in [3.8, 4) is 5.75 Å². The van der Waals surface area contributed by atoms with Gasteiger partial charge in [0, 0.05) is 12.0 Å². The summed E-state index contributed by atoms with van der Waals surface area (Å²) in [7, 11) is 0. The van der Waals surface area contributed by atoms with Gasteiger partial charge in [0.2, 0.25) is 0 Å². The van der Waals surface area contributed by atoms with E-state index < -0.39 is 5.97 Å². The van der Waals surface area contributed by atoms with E-state index >= 15 is 0 Å². The summed E-state index contributed by atoms with van der Waals surface area (Å²) in [4.78, 5) is 26.6. The SMILES string of the molecule is CCOC(=O)COc1ccccc1[C@@H]1CC(c2cccs2)=NN1C(=O)c1cccs1. The maximum atomic E-state index is 13.2. The molecule has 0 bridgehead atoms. The van der Waals surface area contributed by atoms with Gasteiger partial charge in [-0.25, -0.2) is 9.80 Å². The first-order chi connectivity index (χ1) is 14.7. The first kappa shape index (κ1) is 20.3. The van der Waals surface area contributed by atoms with Gasteiger partial charge in [0.1, 0.15) is 5.75 Å². The van der Waals surface area contributed by atoms with Crippen LogP contribution in [0.1, 0.15) is 39.5 Å². The molecule has 0 unspecified atom stereocenters. The fraction of sp³-hybridized carbons (Fsp3) is 0.227. The summed E-state index contributed by atoms with van der Waals surface area (Å²) in [6, 6.07) is 14.7. The average molecular weight is 441 g/mol. The molecule has 3 heterocycles. The highest BCUT2D eigenvalue weighted by Crippen LogP contribution is 2.39. The second-order valence-electron chi connectivity index (χ2n) is 6.50. The van der Waals surface area contributed by atoms with Crippen LogP contribution in [0.15, 0.2) is 64.4 Å². The second kappa shape index (κ2) is 9.23. The minimum Gasteiger partial charge on any atom is -0.482 e. The summed E-state index contributed by atoms with van der Waals surface area (Å²) in [5.41, 5.74) is 1.67. The number of amides is 1. The Hall–Kier alpha value is -2.97. The number of hydrogen-bond acceptors (Lipinski definition) is 7. The third-order valence-electron chi connectivity index (χ3n) is 4.58. The van der Waals surface area contributed by atoms with Gasteiger partial charge in [-0.1, -0.05) is 30.3 Å². The summed E-state index contributed by atoms with van der Waals surface area (Å²) < 4.78 is 10.7. The van der Waals surface area contributed by atoms with Crippen molar-refractivity contribution in [1.82, 2.24) is 5.01 Å². The molecule has 2 aromatic heterocycles. The Morgan fingerprint density at radius 1 is 1.10 bits per heavy atom. The predicted molar refractivity (Wildman–Crippen MR) is 117 cm³/mol. The summed E-state index contributed by atoms with van der Waals surface area (Å²) in [6.45, 7) is 1.87. The number of para-hydroxylation sites is 1. The number of hydrazone groups is 1. The number of nitrogens with zero attached hydrogens (tertiary/aromatic N) is 2. The van der Waals surface area contributed by atoms with Gasteiger partial charge in [-0.2, -0.15) is 5.10 Å². The Bertz CT molecular complexity index is 1050. The number of rotatable bonds is 7. The van der Waals surface area contributed by atoms with Crippen LogP contribution in [0.3, 0.4) is 0 Å². The number of ether oxygens (including phenoxy) is 2. The number of carbonyl (C=O) groups excluding carboxylic acids is 2. The molecule has 1 aliphatic rings. The first-order valence-corrected chi connectivity index (χ1v) is 11.3. The molecular weight excluding hydrogens is 420 g/mol. The van der Waals surface area contributed by atoms with Crippen molar-refractivity contribution in [2.45, 2.75) is 19.4 Å². The van der Waals surface area contributed by atoms with Crippen LogP contribution in [0.4, 0.5) is 0 Å². The van der Waals surface area contributed by atoms with E-state index in [0.717, 1.165) is 16.2 Å². The van der Waals surface area contributed by atoms with E-state index in [1.54, 1.807) is 30.4 Å². The zero-order valence-corrected chi connectivity index (χ0v) is 17.9. The number of thiophene rings is 2. The van der Waals surface area contributed by atoms with E-state index in [0.29, 0.717) is 23.7 Å². The zero-order valence-electron chi connectivity index (χ0n) is 16.3. The Balaban J connectivity index is 1.65. The van der Waals surface area contributed by atoms with Crippen molar-refractivity contribution >= 4 is 40.3 Å². The Morgan fingerprint density at radius 2 is 1.90 bits per heavy atom. The highest BCUT2D eigenvalue weighted by molar-refractivity contribution is 7.12. The number of esters is 1. The second-order valence-corrected chi connectivity index (χ2v) is 8.40.